The van der Waals surface area contributed by atoms with Crippen molar-refractivity contribution in [3.05, 3.63) is 18.2 Å². The van der Waals surface area contributed by atoms with E-state index in [-0.39, 0.29) is 6.04 Å². The zero-order valence-electron chi connectivity index (χ0n) is 11.9. The van der Waals surface area contributed by atoms with Crippen LogP contribution in [0.2, 0.25) is 0 Å². The fourth-order valence-electron chi connectivity index (χ4n) is 2.40. The summed E-state index contributed by atoms with van der Waals surface area (Å²) < 4.78 is 2.19. The second-order valence-corrected chi connectivity index (χ2v) is 5.03. The molecule has 1 rings (SSSR count). The molecule has 1 N–H and O–H groups in total. The number of nitrogens with one attached hydrogen (secondary N) is 1. The Morgan fingerprint density at radius 1 is 1.56 bits per heavy atom. The minimum absolute atomic E-state index is 0.276. The van der Waals surface area contributed by atoms with Gasteiger partial charge in [-0.25, -0.2) is 4.98 Å². The number of hydrogen-bond acceptors (Lipinski definition) is 3. The van der Waals surface area contributed by atoms with Crippen molar-refractivity contribution < 1.29 is 0 Å². The summed E-state index contributed by atoms with van der Waals surface area (Å²) in [4.78, 5) is 4.39. The van der Waals surface area contributed by atoms with Gasteiger partial charge in [0.15, 0.2) is 0 Å². The van der Waals surface area contributed by atoms with E-state index >= 15 is 0 Å². The number of imidazole rings is 1. The Kier molecular flexibility index (Phi) is 5.36. The van der Waals surface area contributed by atoms with Crippen LogP contribution in [0.25, 0.3) is 0 Å². The van der Waals surface area contributed by atoms with Gasteiger partial charge in [0.2, 0.25) is 0 Å². The minimum Gasteiger partial charge on any atom is -0.332 e. The van der Waals surface area contributed by atoms with E-state index in [1.807, 2.05) is 26.2 Å². The van der Waals surface area contributed by atoms with Crippen LogP contribution in [0.3, 0.4) is 0 Å². The zero-order valence-corrected chi connectivity index (χ0v) is 11.9. The maximum atomic E-state index is 9.30. The molecule has 0 bridgehead atoms. The van der Waals surface area contributed by atoms with Crippen LogP contribution in [0.4, 0.5) is 0 Å². The predicted octanol–water partition coefficient (Wildman–Crippen LogP) is 2.68. The fourth-order valence-corrected chi connectivity index (χ4v) is 2.40. The average molecular weight is 248 g/mol. The highest BCUT2D eigenvalue weighted by Gasteiger charge is 2.26. The van der Waals surface area contributed by atoms with E-state index in [9.17, 15) is 5.26 Å². The molecule has 1 heterocycles. The van der Waals surface area contributed by atoms with E-state index in [2.05, 4.69) is 34.8 Å². The Morgan fingerprint density at radius 2 is 2.28 bits per heavy atom. The van der Waals surface area contributed by atoms with Crippen LogP contribution in [0.15, 0.2) is 12.4 Å². The second-order valence-electron chi connectivity index (χ2n) is 5.03. The van der Waals surface area contributed by atoms with E-state index in [1.54, 1.807) is 0 Å². The third-order valence-electron chi connectivity index (χ3n) is 3.21. The monoisotopic (exact) mass is 248 g/mol. The maximum absolute atomic E-state index is 9.30. The van der Waals surface area contributed by atoms with Crippen LogP contribution < -0.4 is 5.32 Å². The van der Waals surface area contributed by atoms with Crippen molar-refractivity contribution in [3.63, 3.8) is 0 Å². The number of nitriles is 1. The average Bonchev–Trinajstić information content (AvgIpc) is 2.78. The first-order valence-electron chi connectivity index (χ1n) is 6.74. The number of aryl methyl sites for hydroxylation is 1. The number of hydrogen-bond donors (Lipinski definition) is 1. The molecule has 4 heteroatoms. The van der Waals surface area contributed by atoms with Crippen LogP contribution in [-0.2, 0) is 6.42 Å². The summed E-state index contributed by atoms with van der Waals surface area (Å²) in [5, 5.41) is 12.6. The highest BCUT2D eigenvalue weighted by molar-refractivity contribution is 5.06. The Morgan fingerprint density at radius 3 is 2.83 bits per heavy atom. The largest absolute Gasteiger partial charge is 0.332 e. The second kappa shape index (κ2) is 6.55. The molecule has 0 amide bonds. The maximum Gasteiger partial charge on any atom is 0.108 e. The zero-order chi connectivity index (χ0) is 13.6. The lowest BCUT2D eigenvalue weighted by Gasteiger charge is -2.27. The summed E-state index contributed by atoms with van der Waals surface area (Å²) in [6, 6.07) is 2.65. The summed E-state index contributed by atoms with van der Waals surface area (Å²) in [5.41, 5.74) is -0.470. The molecule has 18 heavy (non-hydrogen) atoms. The van der Waals surface area contributed by atoms with E-state index < -0.39 is 5.54 Å². The Balaban J connectivity index is 2.78. The van der Waals surface area contributed by atoms with Gasteiger partial charge >= 0.3 is 0 Å². The third-order valence-corrected chi connectivity index (χ3v) is 3.21. The molecule has 1 aromatic rings. The third kappa shape index (κ3) is 3.58. The molecule has 0 aliphatic carbocycles. The fraction of sp³-hybridized carbons (Fsp3) is 0.714. The van der Waals surface area contributed by atoms with Gasteiger partial charge in [-0.3, -0.25) is 5.32 Å². The molecule has 4 nitrogen and oxygen atoms in total. The standard InChI is InChI=1S/C14H24N4/c1-5-7-13-16-8-9-18(13)12(3)10-14(4,11-15)17-6-2/h8-9,12,17H,5-7,10H2,1-4H3. The molecule has 0 aromatic carbocycles. The number of rotatable bonds is 7. The molecule has 100 valence electrons. The van der Waals surface area contributed by atoms with E-state index in [1.165, 1.54) is 0 Å². The Labute approximate surface area is 110 Å². The first kappa shape index (κ1) is 14.7. The first-order valence-corrected chi connectivity index (χ1v) is 6.74. The molecular formula is C14H24N4. The van der Waals surface area contributed by atoms with E-state index in [0.717, 1.165) is 31.6 Å². The lowest BCUT2D eigenvalue weighted by molar-refractivity contribution is 0.348. The summed E-state index contributed by atoms with van der Waals surface area (Å²) >= 11 is 0. The van der Waals surface area contributed by atoms with Crippen LogP contribution in [-0.4, -0.2) is 21.6 Å². The number of aromatic nitrogens is 2. The van der Waals surface area contributed by atoms with Gasteiger partial charge in [-0.05, 0) is 33.2 Å². The topological polar surface area (TPSA) is 53.6 Å². The first-order chi connectivity index (χ1) is 8.56. The highest BCUT2D eigenvalue weighted by Crippen LogP contribution is 2.22. The summed E-state index contributed by atoms with van der Waals surface area (Å²) in [5.74, 6) is 1.11. The van der Waals surface area contributed by atoms with E-state index in [0.29, 0.717) is 0 Å². The molecule has 0 radical (unpaired) electrons. The molecule has 0 aliphatic heterocycles. The molecule has 1 aromatic heterocycles. The van der Waals surface area contributed by atoms with Gasteiger partial charge < -0.3 is 4.57 Å². The lowest BCUT2D eigenvalue weighted by Crippen LogP contribution is -2.42. The Bertz CT molecular complexity index is 404. The van der Waals surface area contributed by atoms with Gasteiger partial charge in [-0.15, -0.1) is 0 Å². The molecule has 0 spiro atoms. The molecule has 0 saturated carbocycles. The smallest absolute Gasteiger partial charge is 0.108 e. The Hall–Kier alpha value is -1.34. The van der Waals surface area contributed by atoms with Crippen molar-refractivity contribution in [2.75, 3.05) is 6.54 Å². The minimum atomic E-state index is -0.470. The van der Waals surface area contributed by atoms with Crippen molar-refractivity contribution in [1.82, 2.24) is 14.9 Å². The molecule has 0 fully saturated rings. The normalized spacial score (nSPS) is 15.9. The van der Waals surface area contributed by atoms with Gasteiger partial charge in [0.05, 0.1) is 6.07 Å². The van der Waals surface area contributed by atoms with E-state index in [4.69, 9.17) is 0 Å². The van der Waals surface area contributed by atoms with Crippen molar-refractivity contribution >= 4 is 0 Å². The van der Waals surface area contributed by atoms with Crippen molar-refractivity contribution in [2.45, 2.75) is 58.5 Å². The van der Waals surface area contributed by atoms with Gasteiger partial charge in [0, 0.05) is 24.9 Å². The molecule has 2 atom stereocenters. The van der Waals surface area contributed by atoms with Crippen LogP contribution >= 0.6 is 0 Å². The molecule has 2 unspecified atom stereocenters. The number of nitrogens with zero attached hydrogens (tertiary/aromatic N) is 3. The molecule has 0 aliphatic rings. The highest BCUT2D eigenvalue weighted by atomic mass is 15.1. The van der Waals surface area contributed by atoms with Gasteiger partial charge in [-0.2, -0.15) is 5.26 Å². The molecular weight excluding hydrogens is 224 g/mol. The lowest BCUT2D eigenvalue weighted by atomic mass is 9.95. The van der Waals surface area contributed by atoms with Gasteiger partial charge in [-0.1, -0.05) is 13.8 Å². The summed E-state index contributed by atoms with van der Waals surface area (Å²) in [6.07, 6.45) is 6.72. The summed E-state index contributed by atoms with van der Waals surface area (Å²) in [6.45, 7) is 9.10. The van der Waals surface area contributed by atoms with Crippen molar-refractivity contribution in [2.24, 2.45) is 0 Å². The quantitative estimate of drug-likeness (QED) is 0.807. The van der Waals surface area contributed by atoms with Crippen LogP contribution in [0.1, 0.15) is 52.4 Å². The van der Waals surface area contributed by atoms with Crippen LogP contribution in [0, 0.1) is 11.3 Å². The van der Waals surface area contributed by atoms with Crippen molar-refractivity contribution in [3.8, 4) is 6.07 Å². The SMILES string of the molecule is CCCc1nccn1C(C)CC(C)(C#N)NCC. The van der Waals surface area contributed by atoms with Crippen LogP contribution in [0.5, 0.6) is 0 Å². The van der Waals surface area contributed by atoms with Gasteiger partial charge in [0.1, 0.15) is 11.4 Å². The van der Waals surface area contributed by atoms with Crippen molar-refractivity contribution in [1.29, 1.82) is 5.26 Å². The predicted molar refractivity (Wildman–Crippen MR) is 73.2 cm³/mol. The molecule has 0 saturated heterocycles. The van der Waals surface area contributed by atoms with Gasteiger partial charge in [0.25, 0.3) is 0 Å². The summed E-state index contributed by atoms with van der Waals surface area (Å²) in [7, 11) is 0.